The van der Waals surface area contributed by atoms with E-state index in [0.717, 1.165) is 6.42 Å². The van der Waals surface area contributed by atoms with Crippen LogP contribution in [0.1, 0.15) is 25.8 Å². The van der Waals surface area contributed by atoms with Crippen molar-refractivity contribution in [1.29, 1.82) is 0 Å². The van der Waals surface area contributed by atoms with Crippen molar-refractivity contribution in [3.63, 3.8) is 0 Å². The Kier molecular flexibility index (Phi) is 4.90. The van der Waals surface area contributed by atoms with E-state index in [1.807, 2.05) is 32.0 Å². The lowest BCUT2D eigenvalue weighted by molar-refractivity contribution is 0.0109. The summed E-state index contributed by atoms with van der Waals surface area (Å²) in [6.07, 6.45) is 1.51. The van der Waals surface area contributed by atoms with Gasteiger partial charge in [-0.1, -0.05) is 37.3 Å². The lowest BCUT2D eigenvalue weighted by Crippen LogP contribution is -2.37. The second-order valence-electron chi connectivity index (χ2n) is 3.97. The number of benzene rings is 1. The molecule has 0 fully saturated rings. The van der Waals surface area contributed by atoms with Gasteiger partial charge in [0.05, 0.1) is 6.61 Å². The van der Waals surface area contributed by atoms with Gasteiger partial charge in [0.25, 0.3) is 0 Å². The first-order valence-electron chi connectivity index (χ1n) is 5.50. The van der Waals surface area contributed by atoms with Gasteiger partial charge in [0.1, 0.15) is 5.60 Å². The molecule has 0 saturated heterocycles. The van der Waals surface area contributed by atoms with Crippen LogP contribution < -0.4 is 0 Å². The largest absolute Gasteiger partial charge is 0.500 e. The number of aliphatic hydroxyl groups excluding tert-OH is 1. The number of rotatable bonds is 6. The van der Waals surface area contributed by atoms with Crippen LogP contribution in [0.25, 0.3) is 0 Å². The first kappa shape index (κ1) is 13.1. The molecule has 88 valence electrons. The molecule has 1 N–H and O–H groups in total. The van der Waals surface area contributed by atoms with E-state index in [9.17, 15) is 5.11 Å². The normalized spacial score (nSPS) is 14.4. The first-order chi connectivity index (χ1) is 7.58. The zero-order chi connectivity index (χ0) is 12.0. The second-order valence-corrected chi connectivity index (χ2v) is 4.36. The Morgan fingerprint density at radius 2 is 2.00 bits per heavy atom. The van der Waals surface area contributed by atoms with Crippen LogP contribution in [0.4, 0.5) is 0 Å². The van der Waals surface area contributed by atoms with Gasteiger partial charge in [0.2, 0.25) is 0 Å². The maximum Gasteiger partial charge on any atom is 0.189 e. The zero-order valence-corrected chi connectivity index (χ0v) is 10.6. The fourth-order valence-electron chi connectivity index (χ4n) is 1.35. The van der Waals surface area contributed by atoms with Crippen LogP contribution in [-0.4, -0.2) is 22.4 Å². The lowest BCUT2D eigenvalue weighted by Gasteiger charge is -2.26. The smallest absolute Gasteiger partial charge is 0.189 e. The topological polar surface area (TPSA) is 29.5 Å². The molecule has 1 aromatic rings. The standard InChI is InChI=1S/C13H18O2S/c1-3-13(2,12(14)16)15-10-9-11-7-5-4-6-8-11/h4-8H,3,9-10H2,1-2H3,(H,14,16). The maximum atomic E-state index is 9.38. The second kappa shape index (κ2) is 5.97. The van der Waals surface area contributed by atoms with Gasteiger partial charge in [-0.15, -0.1) is 0 Å². The summed E-state index contributed by atoms with van der Waals surface area (Å²) in [6, 6.07) is 10.1. The number of ether oxygens (including phenoxy) is 1. The SMILES string of the molecule is CCC(C)(OCCc1ccccc1)C(O)=S. The zero-order valence-electron chi connectivity index (χ0n) is 9.77. The third kappa shape index (κ3) is 3.58. The van der Waals surface area contributed by atoms with E-state index in [2.05, 4.69) is 12.1 Å². The number of hydrogen-bond acceptors (Lipinski definition) is 2. The molecule has 0 aliphatic heterocycles. The molecule has 1 atom stereocenters. The fraction of sp³-hybridized carbons (Fsp3) is 0.462. The molecule has 1 rings (SSSR count). The lowest BCUT2D eigenvalue weighted by atomic mass is 10.0. The van der Waals surface area contributed by atoms with E-state index in [1.54, 1.807) is 0 Å². The molecule has 0 bridgehead atoms. The van der Waals surface area contributed by atoms with Crippen molar-refractivity contribution in [2.45, 2.75) is 32.3 Å². The predicted octanol–water partition coefficient (Wildman–Crippen LogP) is 3.30. The van der Waals surface area contributed by atoms with E-state index in [4.69, 9.17) is 17.0 Å². The average Bonchev–Trinajstić information content (AvgIpc) is 2.30. The van der Waals surface area contributed by atoms with Crippen molar-refractivity contribution in [2.24, 2.45) is 0 Å². The Morgan fingerprint density at radius 3 is 2.50 bits per heavy atom. The third-order valence-electron chi connectivity index (χ3n) is 2.78. The molecule has 0 radical (unpaired) electrons. The van der Waals surface area contributed by atoms with Crippen LogP contribution in [-0.2, 0) is 11.2 Å². The van der Waals surface area contributed by atoms with E-state index in [-0.39, 0.29) is 5.05 Å². The molecule has 0 spiro atoms. The minimum absolute atomic E-state index is 0.0666. The van der Waals surface area contributed by atoms with Crippen LogP contribution >= 0.6 is 12.2 Å². The van der Waals surface area contributed by atoms with Gasteiger partial charge in [0.15, 0.2) is 5.05 Å². The average molecular weight is 238 g/mol. The van der Waals surface area contributed by atoms with E-state index in [0.29, 0.717) is 13.0 Å². The highest BCUT2D eigenvalue weighted by Gasteiger charge is 2.27. The number of thiocarbonyl (C=S) groups is 1. The van der Waals surface area contributed by atoms with Crippen LogP contribution in [0.15, 0.2) is 30.3 Å². The van der Waals surface area contributed by atoms with Gasteiger partial charge in [-0.3, -0.25) is 0 Å². The predicted molar refractivity (Wildman–Crippen MR) is 70.0 cm³/mol. The summed E-state index contributed by atoms with van der Waals surface area (Å²) in [5, 5.41) is 9.31. The Bertz CT molecular complexity index is 337. The summed E-state index contributed by atoms with van der Waals surface area (Å²) in [7, 11) is 0. The first-order valence-corrected chi connectivity index (χ1v) is 5.90. The van der Waals surface area contributed by atoms with Crippen molar-refractivity contribution in [1.82, 2.24) is 0 Å². The molecule has 2 nitrogen and oxygen atoms in total. The summed E-state index contributed by atoms with van der Waals surface area (Å²) >= 11 is 4.79. The highest BCUT2D eigenvalue weighted by Crippen LogP contribution is 2.17. The summed E-state index contributed by atoms with van der Waals surface area (Å²) in [4.78, 5) is 0. The van der Waals surface area contributed by atoms with Crippen LogP contribution in [0.5, 0.6) is 0 Å². The van der Waals surface area contributed by atoms with Crippen molar-refractivity contribution >= 4 is 17.3 Å². The summed E-state index contributed by atoms with van der Waals surface area (Å²) in [5.74, 6) is 0. The van der Waals surface area contributed by atoms with Crippen molar-refractivity contribution in [3.05, 3.63) is 35.9 Å². The number of aliphatic hydroxyl groups is 1. The monoisotopic (exact) mass is 238 g/mol. The Labute approximate surface area is 102 Å². The van der Waals surface area contributed by atoms with Gasteiger partial charge in [-0.2, -0.15) is 0 Å². The van der Waals surface area contributed by atoms with Crippen LogP contribution in [0, 0.1) is 0 Å². The van der Waals surface area contributed by atoms with E-state index >= 15 is 0 Å². The third-order valence-corrected chi connectivity index (χ3v) is 3.21. The maximum absolute atomic E-state index is 9.38. The Morgan fingerprint density at radius 1 is 1.38 bits per heavy atom. The van der Waals surface area contributed by atoms with Gasteiger partial charge >= 0.3 is 0 Å². The van der Waals surface area contributed by atoms with E-state index < -0.39 is 5.60 Å². The fourth-order valence-corrected chi connectivity index (χ4v) is 1.56. The molecule has 16 heavy (non-hydrogen) atoms. The molecule has 3 heteroatoms. The molecule has 0 saturated carbocycles. The molecular formula is C13H18O2S. The molecule has 0 heterocycles. The number of hydrogen-bond donors (Lipinski definition) is 1. The Hall–Kier alpha value is -0.930. The molecule has 0 amide bonds. The molecule has 0 aliphatic carbocycles. The van der Waals surface area contributed by atoms with Gasteiger partial charge in [-0.05, 0) is 37.5 Å². The molecule has 0 aromatic heterocycles. The quantitative estimate of drug-likeness (QED) is 0.771. The van der Waals surface area contributed by atoms with E-state index in [1.165, 1.54) is 5.56 Å². The highest BCUT2D eigenvalue weighted by molar-refractivity contribution is 7.80. The highest BCUT2D eigenvalue weighted by atomic mass is 32.1. The molecular weight excluding hydrogens is 220 g/mol. The van der Waals surface area contributed by atoms with Crippen LogP contribution in [0.2, 0.25) is 0 Å². The minimum atomic E-state index is -0.690. The minimum Gasteiger partial charge on any atom is -0.500 e. The molecule has 1 aromatic carbocycles. The summed E-state index contributed by atoms with van der Waals surface area (Å²) in [6.45, 7) is 4.33. The van der Waals surface area contributed by atoms with Crippen molar-refractivity contribution < 1.29 is 9.84 Å². The van der Waals surface area contributed by atoms with Gasteiger partial charge in [0, 0.05) is 0 Å². The van der Waals surface area contributed by atoms with Crippen molar-refractivity contribution in [2.75, 3.05) is 6.61 Å². The summed E-state index contributed by atoms with van der Waals surface area (Å²) < 4.78 is 5.65. The van der Waals surface area contributed by atoms with Gasteiger partial charge in [-0.25, -0.2) is 0 Å². The Balaban J connectivity index is 2.43. The molecule has 0 aliphatic rings. The summed E-state index contributed by atoms with van der Waals surface area (Å²) in [5.41, 5.74) is 0.536. The molecule has 1 unspecified atom stereocenters. The van der Waals surface area contributed by atoms with Gasteiger partial charge < -0.3 is 9.84 Å². The van der Waals surface area contributed by atoms with Crippen LogP contribution in [0.3, 0.4) is 0 Å². The van der Waals surface area contributed by atoms with Crippen molar-refractivity contribution in [3.8, 4) is 0 Å².